The minimum Gasteiger partial charge on any atom is -0.354 e. The number of hydrogen-bond donors (Lipinski definition) is 2. The molecule has 2 aliphatic rings. The van der Waals surface area contributed by atoms with Gasteiger partial charge in [-0.05, 0) is 55.1 Å². The van der Waals surface area contributed by atoms with Crippen molar-refractivity contribution in [3.63, 3.8) is 0 Å². The van der Waals surface area contributed by atoms with Gasteiger partial charge < -0.3 is 10.6 Å². The first-order valence-corrected chi connectivity index (χ1v) is 10.6. The average molecular weight is 376 g/mol. The van der Waals surface area contributed by atoms with Crippen LogP contribution < -0.4 is 10.6 Å². The molecule has 2 N–H and O–H groups in total. The molecule has 0 aromatic carbocycles. The van der Waals surface area contributed by atoms with Gasteiger partial charge in [-0.2, -0.15) is 0 Å². The molecule has 1 aromatic rings. The van der Waals surface area contributed by atoms with E-state index in [2.05, 4.69) is 42.5 Å². The molecular formula is C20H29N3O2S. The highest BCUT2D eigenvalue weighted by molar-refractivity contribution is 7.99. The van der Waals surface area contributed by atoms with Crippen LogP contribution in [0.25, 0.3) is 0 Å². The molecular weight excluding hydrogens is 346 g/mol. The Morgan fingerprint density at radius 3 is 2.81 bits per heavy atom. The number of thioether (sulfide) groups is 1. The van der Waals surface area contributed by atoms with Gasteiger partial charge in [0.15, 0.2) is 0 Å². The Morgan fingerprint density at radius 2 is 2.12 bits per heavy atom. The highest BCUT2D eigenvalue weighted by Gasteiger charge is 2.29. The van der Waals surface area contributed by atoms with Gasteiger partial charge in [0.25, 0.3) is 5.91 Å². The van der Waals surface area contributed by atoms with Gasteiger partial charge in [-0.1, -0.05) is 26.8 Å². The zero-order valence-electron chi connectivity index (χ0n) is 15.9. The third-order valence-corrected chi connectivity index (χ3v) is 6.32. The summed E-state index contributed by atoms with van der Waals surface area (Å²) < 4.78 is 0. The van der Waals surface area contributed by atoms with Crippen molar-refractivity contribution in [3.8, 4) is 0 Å². The Kier molecular flexibility index (Phi) is 6.22. The van der Waals surface area contributed by atoms with Gasteiger partial charge >= 0.3 is 0 Å². The second-order valence-corrected chi connectivity index (χ2v) is 9.03. The number of nitrogens with one attached hydrogen (secondary N) is 2. The largest absolute Gasteiger partial charge is 0.354 e. The van der Waals surface area contributed by atoms with Gasteiger partial charge in [-0.15, -0.1) is 11.8 Å². The van der Waals surface area contributed by atoms with Crippen LogP contribution in [0.1, 0.15) is 68.4 Å². The zero-order valence-corrected chi connectivity index (χ0v) is 16.7. The van der Waals surface area contributed by atoms with Crippen molar-refractivity contribution in [2.24, 2.45) is 11.8 Å². The van der Waals surface area contributed by atoms with Crippen molar-refractivity contribution >= 4 is 23.6 Å². The number of carbonyl (C=O) groups is 2. The van der Waals surface area contributed by atoms with E-state index in [9.17, 15) is 9.59 Å². The first-order valence-electron chi connectivity index (χ1n) is 9.66. The SMILES string of the molecule is CC(C)CSc1nc(C(=O)N[C@H]2CC(C)CCNC2=O)ccc1C1CC1. The normalized spacial score (nSPS) is 23.5. The average Bonchev–Trinajstić information content (AvgIpc) is 3.44. The maximum absolute atomic E-state index is 12.7. The summed E-state index contributed by atoms with van der Waals surface area (Å²) in [6.45, 7) is 7.16. The van der Waals surface area contributed by atoms with Crippen LogP contribution in [0, 0.1) is 11.8 Å². The number of amides is 2. The van der Waals surface area contributed by atoms with Crippen molar-refractivity contribution in [1.82, 2.24) is 15.6 Å². The Bertz CT molecular complexity index is 673. The summed E-state index contributed by atoms with van der Waals surface area (Å²) >= 11 is 1.73. The fraction of sp³-hybridized carbons (Fsp3) is 0.650. The summed E-state index contributed by atoms with van der Waals surface area (Å²) in [7, 11) is 0. The fourth-order valence-corrected chi connectivity index (χ4v) is 4.25. The fourth-order valence-electron chi connectivity index (χ4n) is 3.19. The first kappa shape index (κ1) is 19.2. The number of hydrogen-bond acceptors (Lipinski definition) is 4. The van der Waals surface area contributed by atoms with Gasteiger partial charge in [0.2, 0.25) is 5.91 Å². The van der Waals surface area contributed by atoms with Crippen LogP contribution in [0.4, 0.5) is 0 Å². The molecule has 2 fully saturated rings. The lowest BCUT2D eigenvalue weighted by Crippen LogP contribution is -2.46. The lowest BCUT2D eigenvalue weighted by atomic mass is 10.00. The second kappa shape index (κ2) is 8.42. The van der Waals surface area contributed by atoms with Crippen LogP contribution in [0.15, 0.2) is 17.2 Å². The van der Waals surface area contributed by atoms with Crippen LogP contribution in [0.2, 0.25) is 0 Å². The lowest BCUT2D eigenvalue weighted by molar-refractivity contribution is -0.122. The molecule has 1 saturated carbocycles. The maximum Gasteiger partial charge on any atom is 0.270 e. The summed E-state index contributed by atoms with van der Waals surface area (Å²) in [5.74, 6) is 2.21. The van der Waals surface area contributed by atoms with Crippen molar-refractivity contribution in [1.29, 1.82) is 0 Å². The van der Waals surface area contributed by atoms with Crippen molar-refractivity contribution in [2.75, 3.05) is 12.3 Å². The van der Waals surface area contributed by atoms with E-state index >= 15 is 0 Å². The molecule has 1 aliphatic carbocycles. The third-order valence-electron chi connectivity index (χ3n) is 4.89. The lowest BCUT2D eigenvalue weighted by Gasteiger charge is -2.17. The molecule has 2 heterocycles. The monoisotopic (exact) mass is 375 g/mol. The van der Waals surface area contributed by atoms with E-state index in [1.54, 1.807) is 17.8 Å². The van der Waals surface area contributed by atoms with Gasteiger partial charge in [0.1, 0.15) is 16.8 Å². The molecule has 1 unspecified atom stereocenters. The van der Waals surface area contributed by atoms with Crippen LogP contribution in [-0.2, 0) is 4.79 Å². The van der Waals surface area contributed by atoms with E-state index in [0.717, 1.165) is 17.2 Å². The van der Waals surface area contributed by atoms with Crippen LogP contribution in [0.3, 0.4) is 0 Å². The smallest absolute Gasteiger partial charge is 0.270 e. The van der Waals surface area contributed by atoms with E-state index in [0.29, 0.717) is 36.4 Å². The quantitative estimate of drug-likeness (QED) is 0.748. The predicted molar refractivity (Wildman–Crippen MR) is 104 cm³/mol. The topological polar surface area (TPSA) is 71.1 Å². The van der Waals surface area contributed by atoms with Crippen LogP contribution >= 0.6 is 11.8 Å². The highest BCUT2D eigenvalue weighted by atomic mass is 32.2. The zero-order chi connectivity index (χ0) is 18.7. The molecule has 1 aliphatic heterocycles. The summed E-state index contributed by atoms with van der Waals surface area (Å²) in [6.07, 6.45) is 4.04. The minimum atomic E-state index is -0.475. The Balaban J connectivity index is 1.73. The summed E-state index contributed by atoms with van der Waals surface area (Å²) in [6, 6.07) is 3.38. The van der Waals surface area contributed by atoms with Gasteiger partial charge in [0.05, 0.1) is 0 Å². The van der Waals surface area contributed by atoms with Crippen LogP contribution in [0.5, 0.6) is 0 Å². The molecule has 2 amide bonds. The molecule has 0 radical (unpaired) electrons. The third kappa shape index (κ3) is 5.00. The molecule has 5 nitrogen and oxygen atoms in total. The summed E-state index contributed by atoms with van der Waals surface area (Å²) in [5, 5.41) is 6.75. The van der Waals surface area contributed by atoms with Gasteiger partial charge in [-0.25, -0.2) is 4.98 Å². The standard InChI is InChI=1S/C20H29N3O2S/c1-12(2)11-26-20-15(14-4-5-14)6-7-16(23-20)19(25)22-17-10-13(3)8-9-21-18(17)24/h6-7,12-14,17H,4-5,8-11H2,1-3H3,(H,21,24)(H,22,25)/t13?,17-/m0/s1. The Hall–Kier alpha value is -1.56. The highest BCUT2D eigenvalue weighted by Crippen LogP contribution is 2.43. The van der Waals surface area contributed by atoms with Crippen molar-refractivity contribution in [3.05, 3.63) is 23.4 Å². The molecule has 0 spiro atoms. The molecule has 26 heavy (non-hydrogen) atoms. The van der Waals surface area contributed by atoms with E-state index in [1.165, 1.54) is 18.4 Å². The van der Waals surface area contributed by atoms with Gasteiger partial charge in [0, 0.05) is 12.3 Å². The molecule has 1 aromatic heterocycles. The van der Waals surface area contributed by atoms with E-state index < -0.39 is 6.04 Å². The Morgan fingerprint density at radius 1 is 1.35 bits per heavy atom. The number of nitrogens with zero attached hydrogens (tertiary/aromatic N) is 1. The molecule has 3 rings (SSSR count). The van der Waals surface area contributed by atoms with E-state index in [-0.39, 0.29) is 11.8 Å². The number of aromatic nitrogens is 1. The molecule has 142 valence electrons. The van der Waals surface area contributed by atoms with Crippen LogP contribution in [-0.4, -0.2) is 35.1 Å². The Labute approximate surface area is 160 Å². The van der Waals surface area contributed by atoms with Crippen molar-refractivity contribution in [2.45, 2.75) is 63.4 Å². The molecule has 6 heteroatoms. The number of carbonyl (C=O) groups excluding carboxylic acids is 2. The van der Waals surface area contributed by atoms with E-state index in [1.807, 2.05) is 0 Å². The maximum atomic E-state index is 12.7. The summed E-state index contributed by atoms with van der Waals surface area (Å²) in [5.41, 5.74) is 1.68. The van der Waals surface area contributed by atoms with Gasteiger partial charge in [-0.3, -0.25) is 9.59 Å². The minimum absolute atomic E-state index is 0.0910. The molecule has 0 bridgehead atoms. The van der Waals surface area contributed by atoms with E-state index in [4.69, 9.17) is 0 Å². The molecule has 1 saturated heterocycles. The first-order chi connectivity index (χ1) is 12.4. The number of pyridine rings is 1. The van der Waals surface area contributed by atoms with Crippen molar-refractivity contribution < 1.29 is 9.59 Å². The summed E-state index contributed by atoms with van der Waals surface area (Å²) in [4.78, 5) is 29.5. The second-order valence-electron chi connectivity index (χ2n) is 8.02. The number of rotatable bonds is 6. The predicted octanol–water partition coefficient (Wildman–Crippen LogP) is 3.35. The molecule has 2 atom stereocenters.